The molecule has 6 heteroatoms. The van der Waals surface area contributed by atoms with Gasteiger partial charge in [-0.3, -0.25) is 4.79 Å². The Hall–Kier alpha value is -1.01. The van der Waals surface area contributed by atoms with E-state index in [4.69, 9.17) is 10.2 Å². The van der Waals surface area contributed by atoms with Crippen molar-refractivity contribution in [3.05, 3.63) is 12.5 Å². The Morgan fingerprint density at radius 3 is 3.12 bits per heavy atom. The van der Waals surface area contributed by atoms with Gasteiger partial charge in [0.25, 0.3) is 5.22 Å². The Labute approximate surface area is 98.2 Å². The molecular weight excluding hydrogens is 226 g/mol. The lowest BCUT2D eigenvalue weighted by atomic mass is 9.97. The monoisotopic (exact) mass is 241 g/mol. The predicted molar refractivity (Wildman–Crippen MR) is 61.0 cm³/mol. The first-order valence-electron chi connectivity index (χ1n) is 5.21. The molecule has 0 aromatic carbocycles. The second-order valence-electron chi connectivity index (χ2n) is 3.98. The van der Waals surface area contributed by atoms with Crippen LogP contribution in [0.2, 0.25) is 0 Å². The summed E-state index contributed by atoms with van der Waals surface area (Å²) in [4.78, 5) is 15.5. The fraction of sp³-hybridized carbons (Fsp3) is 0.600. The first-order chi connectivity index (χ1) is 7.66. The molecule has 16 heavy (non-hydrogen) atoms. The maximum absolute atomic E-state index is 11.4. The number of rotatable bonds is 4. The Kier molecular flexibility index (Phi) is 3.20. The van der Waals surface area contributed by atoms with Crippen LogP contribution in [0, 0.1) is 0 Å². The van der Waals surface area contributed by atoms with E-state index < -0.39 is 5.54 Å². The Morgan fingerprint density at radius 2 is 2.62 bits per heavy atom. The molecule has 0 saturated heterocycles. The van der Waals surface area contributed by atoms with Gasteiger partial charge in [-0.1, -0.05) is 11.8 Å². The van der Waals surface area contributed by atoms with Crippen LogP contribution >= 0.6 is 11.8 Å². The molecule has 2 atom stereocenters. The van der Waals surface area contributed by atoms with Crippen LogP contribution in [-0.2, 0) is 4.79 Å². The molecule has 1 aromatic heterocycles. The average Bonchev–Trinajstić information content (AvgIpc) is 2.88. The molecule has 1 aromatic rings. The number of amides is 1. The van der Waals surface area contributed by atoms with E-state index in [1.54, 1.807) is 31.3 Å². The van der Waals surface area contributed by atoms with Crippen LogP contribution in [0.4, 0.5) is 0 Å². The van der Waals surface area contributed by atoms with Crippen molar-refractivity contribution in [2.75, 3.05) is 7.05 Å². The minimum Gasteiger partial charge on any atom is -0.440 e. The molecule has 5 nitrogen and oxygen atoms in total. The topological polar surface area (TPSA) is 81.1 Å². The summed E-state index contributed by atoms with van der Waals surface area (Å²) < 4.78 is 5.17. The number of likely N-dealkylation sites (N-methyl/N-ethyl adjacent to an activating group) is 1. The lowest BCUT2D eigenvalue weighted by Crippen LogP contribution is -2.52. The first kappa shape index (κ1) is 11.5. The number of carbonyl (C=O) groups excluding carboxylic acids is 1. The molecule has 1 aliphatic rings. The van der Waals surface area contributed by atoms with Crippen LogP contribution in [-0.4, -0.2) is 28.7 Å². The number of hydrogen-bond donors (Lipinski definition) is 2. The summed E-state index contributed by atoms with van der Waals surface area (Å²) in [6.07, 6.45) is 5.62. The molecular formula is C10H15N3O2S. The summed E-state index contributed by atoms with van der Waals surface area (Å²) in [6.45, 7) is 0. The zero-order valence-corrected chi connectivity index (χ0v) is 9.92. The van der Waals surface area contributed by atoms with E-state index in [0.717, 1.165) is 19.3 Å². The third-order valence-electron chi connectivity index (χ3n) is 3.10. The predicted octanol–water partition coefficient (Wildman–Crippen LogP) is 0.763. The van der Waals surface area contributed by atoms with Crippen molar-refractivity contribution >= 4 is 17.7 Å². The summed E-state index contributed by atoms with van der Waals surface area (Å²) in [5.74, 6) is -0.273. The smallest absolute Gasteiger partial charge is 0.255 e. The number of aromatic nitrogens is 1. The van der Waals surface area contributed by atoms with Crippen molar-refractivity contribution < 1.29 is 9.21 Å². The SMILES string of the molecule is CNC1(C(N)=O)CCC(Sc2ncco2)C1. The summed E-state index contributed by atoms with van der Waals surface area (Å²) in [6, 6.07) is 0. The highest BCUT2D eigenvalue weighted by molar-refractivity contribution is 7.99. The van der Waals surface area contributed by atoms with Crippen LogP contribution in [0.1, 0.15) is 19.3 Å². The molecule has 1 saturated carbocycles. The highest BCUT2D eigenvalue weighted by Gasteiger charge is 2.43. The molecule has 3 N–H and O–H groups in total. The molecule has 1 aliphatic carbocycles. The van der Waals surface area contributed by atoms with Crippen molar-refractivity contribution in [2.24, 2.45) is 5.73 Å². The van der Waals surface area contributed by atoms with Gasteiger partial charge in [0.15, 0.2) is 0 Å². The highest BCUT2D eigenvalue weighted by atomic mass is 32.2. The highest BCUT2D eigenvalue weighted by Crippen LogP contribution is 2.39. The molecule has 1 heterocycles. The van der Waals surface area contributed by atoms with Crippen molar-refractivity contribution in [3.63, 3.8) is 0 Å². The van der Waals surface area contributed by atoms with E-state index in [9.17, 15) is 4.79 Å². The minimum absolute atomic E-state index is 0.273. The number of hydrogen-bond acceptors (Lipinski definition) is 5. The summed E-state index contributed by atoms with van der Waals surface area (Å²) in [5.41, 5.74) is 4.88. The summed E-state index contributed by atoms with van der Waals surface area (Å²) >= 11 is 1.57. The third kappa shape index (κ3) is 2.08. The van der Waals surface area contributed by atoms with Crippen LogP contribution < -0.4 is 11.1 Å². The maximum Gasteiger partial charge on any atom is 0.255 e. The largest absolute Gasteiger partial charge is 0.440 e. The fourth-order valence-electron chi connectivity index (χ4n) is 2.09. The van der Waals surface area contributed by atoms with Gasteiger partial charge in [-0.2, -0.15) is 0 Å². The fourth-order valence-corrected chi connectivity index (χ4v) is 3.21. The number of carbonyl (C=O) groups is 1. The van der Waals surface area contributed by atoms with Gasteiger partial charge in [0.2, 0.25) is 5.91 Å². The summed E-state index contributed by atoms with van der Waals surface area (Å²) in [7, 11) is 1.78. The van der Waals surface area contributed by atoms with Gasteiger partial charge in [0.1, 0.15) is 6.26 Å². The standard InChI is InChI=1S/C10H15N3O2S/c1-12-10(8(11)14)3-2-7(6-10)16-9-13-4-5-15-9/h4-5,7,12H,2-3,6H2,1H3,(H2,11,14). The molecule has 2 rings (SSSR count). The molecule has 0 spiro atoms. The number of thioether (sulfide) groups is 1. The van der Waals surface area contributed by atoms with Gasteiger partial charge >= 0.3 is 0 Å². The zero-order valence-electron chi connectivity index (χ0n) is 9.10. The van der Waals surface area contributed by atoms with Crippen LogP contribution in [0.3, 0.4) is 0 Å². The maximum atomic E-state index is 11.4. The van der Waals surface area contributed by atoms with Crippen LogP contribution in [0.15, 0.2) is 22.1 Å². The van der Waals surface area contributed by atoms with Crippen molar-refractivity contribution in [1.29, 1.82) is 0 Å². The van der Waals surface area contributed by atoms with Crippen molar-refractivity contribution in [1.82, 2.24) is 10.3 Å². The number of primary amides is 1. The number of nitrogens with one attached hydrogen (secondary N) is 1. The van der Waals surface area contributed by atoms with Gasteiger partial charge < -0.3 is 15.5 Å². The van der Waals surface area contributed by atoms with Crippen molar-refractivity contribution in [2.45, 2.75) is 35.3 Å². The van der Waals surface area contributed by atoms with E-state index in [1.807, 2.05) is 0 Å². The second kappa shape index (κ2) is 4.47. The summed E-state index contributed by atoms with van der Waals surface area (Å²) in [5, 5.41) is 4.03. The van der Waals surface area contributed by atoms with Gasteiger partial charge in [-0.15, -0.1) is 0 Å². The zero-order chi connectivity index (χ0) is 11.6. The van der Waals surface area contributed by atoms with E-state index >= 15 is 0 Å². The van der Waals surface area contributed by atoms with Gasteiger partial charge in [0.05, 0.1) is 11.7 Å². The van der Waals surface area contributed by atoms with Crippen molar-refractivity contribution in [3.8, 4) is 0 Å². The lowest BCUT2D eigenvalue weighted by Gasteiger charge is -2.24. The van der Waals surface area contributed by atoms with Crippen LogP contribution in [0.5, 0.6) is 0 Å². The Morgan fingerprint density at radius 1 is 1.81 bits per heavy atom. The van der Waals surface area contributed by atoms with E-state index in [1.165, 1.54) is 0 Å². The van der Waals surface area contributed by atoms with Gasteiger partial charge in [0, 0.05) is 5.25 Å². The van der Waals surface area contributed by atoms with Gasteiger partial charge in [-0.25, -0.2) is 4.98 Å². The molecule has 1 amide bonds. The van der Waals surface area contributed by atoms with Gasteiger partial charge in [-0.05, 0) is 26.3 Å². The Balaban J connectivity index is 1.99. The molecule has 0 radical (unpaired) electrons. The minimum atomic E-state index is -0.551. The Bertz CT molecular complexity index is 368. The normalized spacial score (nSPS) is 29.4. The van der Waals surface area contributed by atoms with E-state index in [0.29, 0.717) is 10.5 Å². The molecule has 1 fully saturated rings. The lowest BCUT2D eigenvalue weighted by molar-refractivity contribution is -0.124. The van der Waals surface area contributed by atoms with Crippen LogP contribution in [0.25, 0.3) is 0 Å². The molecule has 88 valence electrons. The van der Waals surface area contributed by atoms with E-state index in [-0.39, 0.29) is 5.91 Å². The number of nitrogens with zero attached hydrogens (tertiary/aromatic N) is 1. The number of oxazole rings is 1. The number of nitrogens with two attached hydrogens (primary N) is 1. The molecule has 0 aliphatic heterocycles. The molecule has 0 bridgehead atoms. The molecule has 2 unspecified atom stereocenters. The second-order valence-corrected chi connectivity index (χ2v) is 5.23. The average molecular weight is 241 g/mol. The third-order valence-corrected chi connectivity index (χ3v) is 4.24. The quantitative estimate of drug-likeness (QED) is 0.813. The van der Waals surface area contributed by atoms with E-state index in [2.05, 4.69) is 10.3 Å². The first-order valence-corrected chi connectivity index (χ1v) is 6.09.